The molecule has 1 aromatic rings. The van der Waals surface area contributed by atoms with Crippen LogP contribution < -0.4 is 5.73 Å². The van der Waals surface area contributed by atoms with E-state index in [2.05, 4.69) is 23.7 Å². The summed E-state index contributed by atoms with van der Waals surface area (Å²) in [6.45, 7) is 7.00. The maximum Gasteiger partial charge on any atom is 0.123 e. The number of rotatable bonds is 2. The van der Waals surface area contributed by atoms with E-state index in [1.54, 1.807) is 6.20 Å². The normalized spacial score (nSPS) is 26.9. The first-order valence-corrected chi connectivity index (χ1v) is 5.71. The molecular weight excluding hydrogens is 202 g/mol. The summed E-state index contributed by atoms with van der Waals surface area (Å²) in [7, 11) is 0. The molecule has 1 aromatic heterocycles. The molecule has 2 N–H and O–H groups in total. The largest absolute Gasteiger partial charge is 0.384 e. The molecule has 1 aliphatic rings. The quantitative estimate of drug-likeness (QED) is 0.817. The summed E-state index contributed by atoms with van der Waals surface area (Å²) in [5, 5.41) is 0. The predicted octanol–water partition coefficient (Wildman–Crippen LogP) is 1.27. The van der Waals surface area contributed by atoms with Gasteiger partial charge in [0.25, 0.3) is 0 Å². The van der Waals surface area contributed by atoms with Crippen molar-refractivity contribution < 1.29 is 4.74 Å². The van der Waals surface area contributed by atoms with Crippen molar-refractivity contribution in [1.29, 1.82) is 0 Å². The van der Waals surface area contributed by atoms with Gasteiger partial charge in [0.1, 0.15) is 5.82 Å². The lowest BCUT2D eigenvalue weighted by molar-refractivity contribution is -0.0526. The van der Waals surface area contributed by atoms with Crippen molar-refractivity contribution in [1.82, 2.24) is 9.88 Å². The van der Waals surface area contributed by atoms with Crippen LogP contribution in [0.1, 0.15) is 19.4 Å². The second kappa shape index (κ2) is 4.80. The van der Waals surface area contributed by atoms with Crippen molar-refractivity contribution in [3.05, 3.63) is 23.9 Å². The minimum atomic E-state index is 0.315. The molecule has 1 fully saturated rings. The molecule has 0 aromatic carbocycles. The average molecular weight is 221 g/mol. The summed E-state index contributed by atoms with van der Waals surface area (Å²) in [4.78, 5) is 6.42. The monoisotopic (exact) mass is 221 g/mol. The molecule has 0 spiro atoms. The molecule has 4 nitrogen and oxygen atoms in total. The summed E-state index contributed by atoms with van der Waals surface area (Å²) in [5.41, 5.74) is 6.89. The van der Waals surface area contributed by atoms with Gasteiger partial charge in [0.2, 0.25) is 0 Å². The Bertz CT molecular complexity index is 356. The SMILES string of the molecule is CC1CN(Cc2ccnc(N)c2)C(C)CO1. The molecular formula is C12H19N3O. The van der Waals surface area contributed by atoms with Crippen LogP contribution in [0.4, 0.5) is 5.82 Å². The molecule has 0 saturated carbocycles. The fraction of sp³-hybridized carbons (Fsp3) is 0.583. The minimum absolute atomic E-state index is 0.315. The van der Waals surface area contributed by atoms with Crippen LogP contribution in [0.25, 0.3) is 0 Å². The van der Waals surface area contributed by atoms with E-state index < -0.39 is 0 Å². The number of anilines is 1. The van der Waals surface area contributed by atoms with E-state index in [0.717, 1.165) is 19.7 Å². The second-order valence-electron chi connectivity index (χ2n) is 4.51. The molecule has 2 heterocycles. The first kappa shape index (κ1) is 11.4. The molecule has 0 aliphatic carbocycles. The van der Waals surface area contributed by atoms with Crippen molar-refractivity contribution in [3.8, 4) is 0 Å². The topological polar surface area (TPSA) is 51.4 Å². The Balaban J connectivity index is 2.02. The number of nitrogens with zero attached hydrogens (tertiary/aromatic N) is 2. The minimum Gasteiger partial charge on any atom is -0.384 e. The number of nitrogens with two attached hydrogens (primary N) is 1. The van der Waals surface area contributed by atoms with Gasteiger partial charge in [-0.1, -0.05) is 0 Å². The Morgan fingerprint density at radius 2 is 2.38 bits per heavy atom. The van der Waals surface area contributed by atoms with Gasteiger partial charge < -0.3 is 10.5 Å². The number of aromatic nitrogens is 1. The Morgan fingerprint density at radius 1 is 1.56 bits per heavy atom. The summed E-state index contributed by atoms with van der Waals surface area (Å²) < 4.78 is 5.60. The van der Waals surface area contributed by atoms with Crippen molar-refractivity contribution in [2.75, 3.05) is 18.9 Å². The van der Waals surface area contributed by atoms with Crippen LogP contribution in [0.2, 0.25) is 0 Å². The molecule has 2 atom stereocenters. The Morgan fingerprint density at radius 3 is 3.12 bits per heavy atom. The fourth-order valence-electron chi connectivity index (χ4n) is 2.02. The average Bonchev–Trinajstić information content (AvgIpc) is 2.24. The van der Waals surface area contributed by atoms with E-state index in [9.17, 15) is 0 Å². The van der Waals surface area contributed by atoms with Gasteiger partial charge in [0.05, 0.1) is 12.7 Å². The first-order chi connectivity index (χ1) is 7.65. The van der Waals surface area contributed by atoms with Crippen LogP contribution in [0, 0.1) is 0 Å². The van der Waals surface area contributed by atoms with Gasteiger partial charge >= 0.3 is 0 Å². The summed E-state index contributed by atoms with van der Waals surface area (Å²) in [6.07, 6.45) is 2.08. The molecule has 16 heavy (non-hydrogen) atoms. The molecule has 88 valence electrons. The molecule has 1 saturated heterocycles. The lowest BCUT2D eigenvalue weighted by atomic mass is 10.1. The highest BCUT2D eigenvalue weighted by Crippen LogP contribution is 2.15. The summed E-state index contributed by atoms with van der Waals surface area (Å²) in [5.74, 6) is 0.589. The summed E-state index contributed by atoms with van der Waals surface area (Å²) in [6, 6.07) is 4.42. The van der Waals surface area contributed by atoms with Crippen LogP contribution in [0.3, 0.4) is 0 Å². The fourth-order valence-corrected chi connectivity index (χ4v) is 2.02. The number of pyridine rings is 1. The number of nitrogen functional groups attached to an aromatic ring is 1. The summed E-state index contributed by atoms with van der Waals surface area (Å²) >= 11 is 0. The third kappa shape index (κ3) is 2.71. The van der Waals surface area contributed by atoms with Gasteiger partial charge in [0.15, 0.2) is 0 Å². The lowest BCUT2D eigenvalue weighted by Gasteiger charge is -2.36. The Labute approximate surface area is 96.4 Å². The standard InChI is InChI=1S/C12H19N3O/c1-9-8-16-10(2)6-15(9)7-11-3-4-14-12(13)5-11/h3-5,9-10H,6-8H2,1-2H3,(H2,13,14). The van der Waals surface area contributed by atoms with E-state index in [1.807, 2.05) is 12.1 Å². The molecule has 2 rings (SSSR count). The van der Waals surface area contributed by atoms with Gasteiger partial charge in [-0.3, -0.25) is 4.90 Å². The predicted molar refractivity (Wildman–Crippen MR) is 63.9 cm³/mol. The Kier molecular flexibility index (Phi) is 3.41. The second-order valence-corrected chi connectivity index (χ2v) is 4.51. The number of ether oxygens (including phenoxy) is 1. The third-order valence-corrected chi connectivity index (χ3v) is 2.97. The van der Waals surface area contributed by atoms with Crippen molar-refractivity contribution in [2.24, 2.45) is 0 Å². The van der Waals surface area contributed by atoms with Crippen LogP contribution in [0.15, 0.2) is 18.3 Å². The molecule has 4 heteroatoms. The highest BCUT2D eigenvalue weighted by Gasteiger charge is 2.23. The van der Waals surface area contributed by atoms with Gasteiger partial charge in [-0.2, -0.15) is 0 Å². The van der Waals surface area contributed by atoms with E-state index in [4.69, 9.17) is 10.5 Å². The Hall–Kier alpha value is -1.13. The number of morpholine rings is 1. The molecule has 2 unspecified atom stereocenters. The van der Waals surface area contributed by atoms with Crippen LogP contribution in [0.5, 0.6) is 0 Å². The van der Waals surface area contributed by atoms with Crippen LogP contribution >= 0.6 is 0 Å². The maximum absolute atomic E-state index is 5.67. The van der Waals surface area contributed by atoms with Crippen molar-refractivity contribution in [3.63, 3.8) is 0 Å². The zero-order chi connectivity index (χ0) is 11.5. The van der Waals surface area contributed by atoms with Gasteiger partial charge in [-0.25, -0.2) is 4.98 Å². The smallest absolute Gasteiger partial charge is 0.123 e. The molecule has 0 amide bonds. The molecule has 1 aliphatic heterocycles. The van der Waals surface area contributed by atoms with Crippen LogP contribution in [-0.2, 0) is 11.3 Å². The zero-order valence-electron chi connectivity index (χ0n) is 9.89. The van der Waals surface area contributed by atoms with Crippen LogP contribution in [-0.4, -0.2) is 35.2 Å². The van der Waals surface area contributed by atoms with Gasteiger partial charge in [-0.05, 0) is 31.5 Å². The van der Waals surface area contributed by atoms with Crippen molar-refractivity contribution in [2.45, 2.75) is 32.5 Å². The first-order valence-electron chi connectivity index (χ1n) is 5.71. The van der Waals surface area contributed by atoms with E-state index in [0.29, 0.717) is 18.0 Å². The van der Waals surface area contributed by atoms with E-state index in [-0.39, 0.29) is 0 Å². The highest BCUT2D eigenvalue weighted by atomic mass is 16.5. The molecule has 0 bridgehead atoms. The lowest BCUT2D eigenvalue weighted by Crippen LogP contribution is -2.46. The van der Waals surface area contributed by atoms with Gasteiger partial charge in [-0.15, -0.1) is 0 Å². The van der Waals surface area contributed by atoms with Crippen molar-refractivity contribution >= 4 is 5.82 Å². The maximum atomic E-state index is 5.67. The van der Waals surface area contributed by atoms with E-state index in [1.165, 1.54) is 5.56 Å². The zero-order valence-corrected chi connectivity index (χ0v) is 9.89. The number of hydrogen-bond donors (Lipinski definition) is 1. The third-order valence-electron chi connectivity index (χ3n) is 2.97. The molecule has 0 radical (unpaired) electrons. The van der Waals surface area contributed by atoms with Gasteiger partial charge in [0, 0.05) is 25.3 Å². The number of hydrogen-bond acceptors (Lipinski definition) is 4. The highest BCUT2D eigenvalue weighted by molar-refractivity contribution is 5.31. The van der Waals surface area contributed by atoms with E-state index >= 15 is 0 Å².